The molecule has 0 amide bonds. The van der Waals surface area contributed by atoms with Crippen molar-refractivity contribution in [2.45, 2.75) is 32.2 Å². The Morgan fingerprint density at radius 3 is 2.57 bits per heavy atom. The number of hydrogen-bond donors (Lipinski definition) is 2. The van der Waals surface area contributed by atoms with Crippen LogP contribution in [0.5, 0.6) is 0 Å². The van der Waals surface area contributed by atoms with Crippen molar-refractivity contribution in [3.05, 3.63) is 69.9 Å². The van der Waals surface area contributed by atoms with Gasteiger partial charge < -0.3 is 9.97 Å². The van der Waals surface area contributed by atoms with Gasteiger partial charge in [-0.1, -0.05) is 24.0 Å². The Bertz CT molecular complexity index is 1060. The van der Waals surface area contributed by atoms with Crippen molar-refractivity contribution in [1.29, 1.82) is 0 Å². The summed E-state index contributed by atoms with van der Waals surface area (Å²) in [6, 6.07) is 12.8. The van der Waals surface area contributed by atoms with E-state index in [1.54, 1.807) is 12.1 Å². The van der Waals surface area contributed by atoms with E-state index in [0.717, 1.165) is 48.9 Å². The van der Waals surface area contributed by atoms with Gasteiger partial charge in [0.1, 0.15) is 5.82 Å². The molecule has 2 N–H and O–H groups in total. The number of fused-ring (bicyclic) bond motifs is 1. The molecule has 1 aliphatic rings. The van der Waals surface area contributed by atoms with Crippen molar-refractivity contribution >= 4 is 11.0 Å². The number of piperidine rings is 1. The Hall–Kier alpha value is -2.84. The molecule has 1 aliphatic heterocycles. The van der Waals surface area contributed by atoms with E-state index in [1.807, 2.05) is 30.3 Å². The highest BCUT2D eigenvalue weighted by molar-refractivity contribution is 5.76. The number of nitrogens with zero attached hydrogens (tertiary/aromatic N) is 1. The van der Waals surface area contributed by atoms with E-state index in [9.17, 15) is 9.18 Å². The van der Waals surface area contributed by atoms with Crippen LogP contribution in [0.25, 0.3) is 11.0 Å². The zero-order valence-corrected chi connectivity index (χ0v) is 16.0. The van der Waals surface area contributed by atoms with E-state index in [0.29, 0.717) is 5.92 Å². The number of imidazole rings is 1. The first-order chi connectivity index (χ1) is 13.6. The molecule has 1 saturated heterocycles. The van der Waals surface area contributed by atoms with Crippen LogP contribution in [0.15, 0.2) is 47.3 Å². The van der Waals surface area contributed by atoms with Gasteiger partial charge in [-0.2, -0.15) is 0 Å². The summed E-state index contributed by atoms with van der Waals surface area (Å²) in [4.78, 5) is 19.3. The highest BCUT2D eigenvalue weighted by atomic mass is 19.1. The second-order valence-corrected chi connectivity index (χ2v) is 7.59. The van der Waals surface area contributed by atoms with Crippen LogP contribution in [0.3, 0.4) is 0 Å². The molecule has 144 valence electrons. The fourth-order valence-corrected chi connectivity index (χ4v) is 3.89. The normalized spacial score (nSPS) is 16.6. The van der Waals surface area contributed by atoms with Crippen molar-refractivity contribution in [3.8, 4) is 11.8 Å². The number of aromatic amines is 2. The van der Waals surface area contributed by atoms with Crippen LogP contribution in [0.1, 0.15) is 30.9 Å². The summed E-state index contributed by atoms with van der Waals surface area (Å²) in [7, 11) is 0. The molecule has 3 aromatic rings. The first-order valence-corrected chi connectivity index (χ1v) is 9.79. The third kappa shape index (κ3) is 4.35. The summed E-state index contributed by atoms with van der Waals surface area (Å²) in [6.45, 7) is 4.21. The van der Waals surface area contributed by atoms with Gasteiger partial charge in [-0.3, -0.25) is 4.90 Å². The number of aromatic nitrogens is 2. The van der Waals surface area contributed by atoms with Gasteiger partial charge in [0.15, 0.2) is 0 Å². The molecule has 0 aliphatic carbocycles. The topological polar surface area (TPSA) is 51.9 Å². The molecular weight excluding hydrogens is 353 g/mol. The van der Waals surface area contributed by atoms with Gasteiger partial charge in [-0.15, -0.1) is 0 Å². The maximum atomic E-state index is 13.0. The molecule has 28 heavy (non-hydrogen) atoms. The molecular formula is C23H24FN3O. The highest BCUT2D eigenvalue weighted by Crippen LogP contribution is 2.23. The molecule has 4 rings (SSSR count). The zero-order chi connectivity index (χ0) is 19.5. The summed E-state index contributed by atoms with van der Waals surface area (Å²) < 4.78 is 13.0. The van der Waals surface area contributed by atoms with Gasteiger partial charge in [-0.05, 0) is 81.1 Å². The molecule has 2 heterocycles. The monoisotopic (exact) mass is 377 g/mol. The van der Waals surface area contributed by atoms with Gasteiger partial charge in [0, 0.05) is 5.56 Å². The van der Waals surface area contributed by atoms with E-state index in [-0.39, 0.29) is 17.5 Å². The average molecular weight is 377 g/mol. The standard InChI is InChI=1S/C23H24FN3O/c1-16(2-3-18-6-9-21-22(15-18)26-23(28)25-21)27-12-10-19(11-13-27)14-17-4-7-20(24)8-5-17/h4-9,15-16,19H,10-14H2,1H3,(H2,25,26,28). The second-order valence-electron chi connectivity index (χ2n) is 7.59. The van der Waals surface area contributed by atoms with Crippen LogP contribution < -0.4 is 5.69 Å². The van der Waals surface area contributed by atoms with Crippen molar-refractivity contribution in [2.75, 3.05) is 13.1 Å². The van der Waals surface area contributed by atoms with Crippen LogP contribution in [0.2, 0.25) is 0 Å². The quantitative estimate of drug-likeness (QED) is 0.684. The van der Waals surface area contributed by atoms with Gasteiger partial charge in [0.25, 0.3) is 0 Å². The number of H-pyrrole nitrogens is 2. The van der Waals surface area contributed by atoms with Gasteiger partial charge in [0.05, 0.1) is 17.1 Å². The molecule has 0 saturated carbocycles. The lowest BCUT2D eigenvalue weighted by Gasteiger charge is -2.34. The first-order valence-electron chi connectivity index (χ1n) is 9.79. The van der Waals surface area contributed by atoms with E-state index in [1.165, 1.54) is 5.56 Å². The van der Waals surface area contributed by atoms with E-state index >= 15 is 0 Å². The minimum atomic E-state index is -0.197. The Morgan fingerprint density at radius 2 is 1.82 bits per heavy atom. The number of likely N-dealkylation sites (tertiary alicyclic amines) is 1. The molecule has 1 unspecified atom stereocenters. The van der Waals surface area contributed by atoms with E-state index in [2.05, 4.69) is 33.6 Å². The van der Waals surface area contributed by atoms with Gasteiger partial charge >= 0.3 is 5.69 Å². The lowest BCUT2D eigenvalue weighted by Crippen LogP contribution is -2.39. The predicted octanol–water partition coefficient (Wildman–Crippen LogP) is 3.69. The SMILES string of the molecule is CC(C#Cc1ccc2[nH]c(=O)[nH]c2c1)N1CCC(Cc2ccc(F)cc2)CC1. The van der Waals surface area contributed by atoms with E-state index < -0.39 is 0 Å². The van der Waals surface area contributed by atoms with E-state index in [4.69, 9.17) is 0 Å². The first kappa shape index (κ1) is 18.5. The minimum absolute atomic E-state index is 0.173. The highest BCUT2D eigenvalue weighted by Gasteiger charge is 2.22. The molecule has 1 fully saturated rings. The smallest absolute Gasteiger partial charge is 0.306 e. The van der Waals surface area contributed by atoms with Crippen molar-refractivity contribution in [2.24, 2.45) is 5.92 Å². The number of halogens is 1. The number of benzene rings is 2. The van der Waals surface area contributed by atoms with Crippen molar-refractivity contribution in [3.63, 3.8) is 0 Å². The Kier molecular flexibility index (Phi) is 5.31. The van der Waals surface area contributed by atoms with Crippen LogP contribution >= 0.6 is 0 Å². The molecule has 0 spiro atoms. The molecule has 1 aromatic heterocycles. The summed E-state index contributed by atoms with van der Waals surface area (Å²) in [5, 5.41) is 0. The number of nitrogens with one attached hydrogen (secondary N) is 2. The second kappa shape index (κ2) is 8.04. The number of rotatable bonds is 3. The van der Waals surface area contributed by atoms with Gasteiger partial charge in [0.2, 0.25) is 0 Å². The van der Waals surface area contributed by atoms with Crippen LogP contribution in [-0.4, -0.2) is 34.0 Å². The largest absolute Gasteiger partial charge is 0.323 e. The fourth-order valence-electron chi connectivity index (χ4n) is 3.89. The summed E-state index contributed by atoms with van der Waals surface area (Å²) >= 11 is 0. The predicted molar refractivity (Wildman–Crippen MR) is 110 cm³/mol. The third-order valence-corrected chi connectivity index (χ3v) is 5.58. The van der Waals surface area contributed by atoms with Crippen LogP contribution in [0, 0.1) is 23.6 Å². The summed E-state index contributed by atoms with van der Waals surface area (Å²) in [5.41, 5.74) is 3.50. The van der Waals surface area contributed by atoms with Crippen LogP contribution in [-0.2, 0) is 6.42 Å². The van der Waals surface area contributed by atoms with Crippen LogP contribution in [0.4, 0.5) is 4.39 Å². The van der Waals surface area contributed by atoms with Crippen molar-refractivity contribution < 1.29 is 4.39 Å². The molecule has 5 heteroatoms. The molecule has 2 aromatic carbocycles. The molecule has 4 nitrogen and oxygen atoms in total. The maximum absolute atomic E-state index is 13.0. The maximum Gasteiger partial charge on any atom is 0.323 e. The third-order valence-electron chi connectivity index (χ3n) is 5.58. The Balaban J connectivity index is 1.33. The number of hydrogen-bond acceptors (Lipinski definition) is 2. The Morgan fingerprint density at radius 1 is 1.11 bits per heavy atom. The summed E-state index contributed by atoms with van der Waals surface area (Å²) in [6.07, 6.45) is 3.29. The van der Waals surface area contributed by atoms with Gasteiger partial charge in [-0.25, -0.2) is 9.18 Å². The lowest BCUT2D eigenvalue weighted by molar-refractivity contribution is 0.166. The fraction of sp³-hybridized carbons (Fsp3) is 0.348. The minimum Gasteiger partial charge on any atom is -0.306 e. The van der Waals surface area contributed by atoms with Crippen molar-refractivity contribution in [1.82, 2.24) is 14.9 Å². The zero-order valence-electron chi connectivity index (χ0n) is 16.0. The molecule has 0 radical (unpaired) electrons. The molecule has 1 atom stereocenters. The molecule has 0 bridgehead atoms. The summed E-state index contributed by atoms with van der Waals surface area (Å²) in [5.74, 6) is 7.05. The lowest BCUT2D eigenvalue weighted by atomic mass is 9.89. The Labute approximate surface area is 163 Å². The average Bonchev–Trinajstić information content (AvgIpc) is 3.08.